The van der Waals surface area contributed by atoms with E-state index in [1.165, 1.54) is 18.9 Å². The number of carbonyl (C=O) groups is 2. The topological polar surface area (TPSA) is 126 Å². The van der Waals surface area contributed by atoms with Gasteiger partial charge >= 0.3 is 5.97 Å². The van der Waals surface area contributed by atoms with Crippen LogP contribution in [0.15, 0.2) is 54.9 Å². The molecular formula is C26H26ClN7O3. The summed E-state index contributed by atoms with van der Waals surface area (Å²) in [6, 6.07) is 5.59. The number of ether oxygens (including phenoxy) is 1. The van der Waals surface area contributed by atoms with Crippen molar-refractivity contribution < 1.29 is 14.3 Å². The van der Waals surface area contributed by atoms with Crippen LogP contribution in [0.3, 0.4) is 0 Å². The SMILES string of the molecule is COC(=O)Cc1cc(C2CC2)cn2cc(CN/C=C(\C=N)C(=O)NCc3ncn4ccc(Cl)cc34)nc12. The molecule has 0 atom stereocenters. The van der Waals surface area contributed by atoms with E-state index in [1.807, 2.05) is 21.1 Å². The van der Waals surface area contributed by atoms with Crippen molar-refractivity contribution in [2.45, 2.75) is 38.3 Å². The largest absolute Gasteiger partial charge is 0.469 e. The monoisotopic (exact) mass is 519 g/mol. The molecule has 1 aliphatic rings. The van der Waals surface area contributed by atoms with Gasteiger partial charge in [-0.15, -0.1) is 0 Å². The van der Waals surface area contributed by atoms with Gasteiger partial charge in [0.2, 0.25) is 0 Å². The molecular weight excluding hydrogens is 494 g/mol. The van der Waals surface area contributed by atoms with Gasteiger partial charge < -0.3 is 29.6 Å². The number of hydrogen-bond acceptors (Lipinski definition) is 7. The van der Waals surface area contributed by atoms with Crippen LogP contribution in [0.4, 0.5) is 0 Å². The zero-order chi connectivity index (χ0) is 25.9. The van der Waals surface area contributed by atoms with Crippen LogP contribution in [0.5, 0.6) is 0 Å². The maximum Gasteiger partial charge on any atom is 0.310 e. The lowest BCUT2D eigenvalue weighted by Crippen LogP contribution is -2.26. The number of nitrogens with zero attached hydrogens (tertiary/aromatic N) is 4. The van der Waals surface area contributed by atoms with E-state index >= 15 is 0 Å². The van der Waals surface area contributed by atoms with Gasteiger partial charge in [-0.05, 0) is 42.5 Å². The molecule has 0 bridgehead atoms. The van der Waals surface area contributed by atoms with Crippen LogP contribution in [0.2, 0.25) is 5.02 Å². The standard InChI is InChI=1S/C26H26ClN7O3/c1-37-24(35)7-17-6-18(16-2-3-16)13-34-14-21(32-25(17)34)11-29-10-19(9-28)26(36)30-12-22-23-8-20(27)4-5-33(23)15-31-22/h4-6,8-10,13-16,28-29H,2-3,7,11-12H2,1H3,(H,30,36)/b19-10+,28-9?. The molecule has 5 rings (SSSR count). The number of amides is 1. The molecule has 4 heterocycles. The van der Waals surface area contributed by atoms with Gasteiger partial charge in [0.05, 0.1) is 55.4 Å². The molecule has 4 aromatic rings. The predicted octanol–water partition coefficient (Wildman–Crippen LogP) is 3.17. The molecule has 190 valence electrons. The number of hydrogen-bond donors (Lipinski definition) is 3. The Morgan fingerprint density at radius 1 is 1.24 bits per heavy atom. The van der Waals surface area contributed by atoms with Crippen molar-refractivity contribution in [2.75, 3.05) is 7.11 Å². The Labute approximate surface area is 217 Å². The maximum absolute atomic E-state index is 12.6. The minimum atomic E-state index is -0.407. The number of rotatable bonds is 10. The molecule has 0 unspecified atom stereocenters. The number of carbonyl (C=O) groups excluding carboxylic acids is 2. The van der Waals surface area contributed by atoms with Gasteiger partial charge in [0.15, 0.2) is 0 Å². The highest BCUT2D eigenvalue weighted by Gasteiger charge is 2.25. The molecule has 4 aromatic heterocycles. The maximum atomic E-state index is 12.6. The van der Waals surface area contributed by atoms with Crippen LogP contribution < -0.4 is 10.6 Å². The molecule has 1 saturated carbocycles. The molecule has 1 fully saturated rings. The Morgan fingerprint density at radius 2 is 2.08 bits per heavy atom. The summed E-state index contributed by atoms with van der Waals surface area (Å²) in [5, 5.41) is 14.1. The van der Waals surface area contributed by atoms with Crippen molar-refractivity contribution in [2.24, 2.45) is 0 Å². The zero-order valence-electron chi connectivity index (χ0n) is 20.2. The first-order valence-corrected chi connectivity index (χ1v) is 12.2. The Balaban J connectivity index is 1.25. The van der Waals surface area contributed by atoms with Crippen molar-refractivity contribution in [3.63, 3.8) is 0 Å². The number of halogens is 1. The first-order chi connectivity index (χ1) is 17.9. The summed E-state index contributed by atoms with van der Waals surface area (Å²) in [5.41, 5.74) is 5.09. The van der Waals surface area contributed by atoms with Crippen molar-refractivity contribution in [1.82, 2.24) is 29.4 Å². The van der Waals surface area contributed by atoms with Crippen LogP contribution in [0.1, 0.15) is 41.3 Å². The normalized spacial score (nSPS) is 13.6. The summed E-state index contributed by atoms with van der Waals surface area (Å²) in [5.74, 6) is -0.192. The molecule has 0 saturated heterocycles. The van der Waals surface area contributed by atoms with E-state index in [4.69, 9.17) is 21.7 Å². The van der Waals surface area contributed by atoms with Gasteiger partial charge in [-0.1, -0.05) is 11.6 Å². The minimum absolute atomic E-state index is 0.153. The smallest absolute Gasteiger partial charge is 0.310 e. The Kier molecular flexibility index (Phi) is 6.91. The fourth-order valence-electron chi connectivity index (χ4n) is 4.18. The second-order valence-electron chi connectivity index (χ2n) is 8.93. The molecule has 0 radical (unpaired) electrons. The fourth-order valence-corrected chi connectivity index (χ4v) is 4.34. The lowest BCUT2D eigenvalue weighted by molar-refractivity contribution is -0.139. The second kappa shape index (κ2) is 10.4. The number of methoxy groups -OCH3 is 1. The van der Waals surface area contributed by atoms with Gasteiger partial charge in [-0.2, -0.15) is 0 Å². The molecule has 0 aliphatic heterocycles. The molecule has 37 heavy (non-hydrogen) atoms. The lowest BCUT2D eigenvalue weighted by atomic mass is 10.1. The van der Waals surface area contributed by atoms with Crippen molar-refractivity contribution in [3.05, 3.63) is 82.4 Å². The van der Waals surface area contributed by atoms with Gasteiger partial charge in [-0.25, -0.2) is 9.97 Å². The van der Waals surface area contributed by atoms with E-state index in [0.717, 1.165) is 35.8 Å². The summed E-state index contributed by atoms with van der Waals surface area (Å²) < 4.78 is 8.62. The number of aromatic nitrogens is 4. The Bertz CT molecular complexity index is 1530. The Hall–Kier alpha value is -4.18. The van der Waals surface area contributed by atoms with Gasteiger partial charge in [-0.3, -0.25) is 9.59 Å². The van der Waals surface area contributed by atoms with E-state index in [9.17, 15) is 9.59 Å². The summed E-state index contributed by atoms with van der Waals surface area (Å²) in [7, 11) is 1.38. The zero-order valence-corrected chi connectivity index (χ0v) is 21.0. The van der Waals surface area contributed by atoms with E-state index in [-0.39, 0.29) is 24.5 Å². The highest BCUT2D eigenvalue weighted by molar-refractivity contribution is 6.30. The molecule has 1 amide bonds. The van der Waals surface area contributed by atoms with E-state index in [0.29, 0.717) is 28.8 Å². The van der Waals surface area contributed by atoms with Gasteiger partial charge in [0.25, 0.3) is 5.91 Å². The summed E-state index contributed by atoms with van der Waals surface area (Å²) in [4.78, 5) is 33.6. The fraction of sp³-hybridized carbons (Fsp3) is 0.269. The number of pyridine rings is 2. The second-order valence-corrected chi connectivity index (χ2v) is 9.36. The highest BCUT2D eigenvalue weighted by atomic mass is 35.5. The summed E-state index contributed by atoms with van der Waals surface area (Å²) >= 11 is 6.08. The van der Waals surface area contributed by atoms with Gasteiger partial charge in [0.1, 0.15) is 5.65 Å². The molecule has 3 N–H and O–H groups in total. The lowest BCUT2D eigenvalue weighted by Gasteiger charge is -2.06. The third-order valence-electron chi connectivity index (χ3n) is 6.27. The molecule has 0 aromatic carbocycles. The summed E-state index contributed by atoms with van der Waals surface area (Å²) in [6.45, 7) is 0.534. The number of nitrogens with one attached hydrogen (secondary N) is 3. The van der Waals surface area contributed by atoms with Crippen molar-refractivity contribution >= 4 is 40.9 Å². The molecule has 10 nitrogen and oxygen atoms in total. The number of esters is 1. The van der Waals surface area contributed by atoms with Crippen LogP contribution in [0, 0.1) is 5.41 Å². The third-order valence-corrected chi connectivity index (χ3v) is 6.50. The first-order valence-electron chi connectivity index (χ1n) is 11.9. The van der Waals surface area contributed by atoms with E-state index in [2.05, 4.69) is 26.8 Å². The van der Waals surface area contributed by atoms with Crippen LogP contribution in [0.25, 0.3) is 11.2 Å². The first kappa shape index (κ1) is 24.5. The highest BCUT2D eigenvalue weighted by Crippen LogP contribution is 2.40. The molecule has 11 heteroatoms. The number of imidazole rings is 2. The number of fused-ring (bicyclic) bond motifs is 2. The predicted molar refractivity (Wildman–Crippen MR) is 139 cm³/mol. The third kappa shape index (κ3) is 5.49. The average Bonchev–Trinajstić information content (AvgIpc) is 3.55. The quantitative estimate of drug-likeness (QED) is 0.168. The Morgan fingerprint density at radius 3 is 2.84 bits per heavy atom. The van der Waals surface area contributed by atoms with Crippen molar-refractivity contribution in [3.8, 4) is 0 Å². The summed E-state index contributed by atoms with van der Waals surface area (Å²) in [6.07, 6.45) is 12.3. The average molecular weight is 520 g/mol. The van der Waals surface area contributed by atoms with Gasteiger partial charge in [0, 0.05) is 41.6 Å². The van der Waals surface area contributed by atoms with E-state index < -0.39 is 5.91 Å². The van der Waals surface area contributed by atoms with Crippen LogP contribution in [-0.2, 0) is 33.8 Å². The molecule has 1 aliphatic carbocycles. The molecule has 0 spiro atoms. The van der Waals surface area contributed by atoms with E-state index in [1.54, 1.807) is 24.7 Å². The van der Waals surface area contributed by atoms with Crippen LogP contribution in [-0.4, -0.2) is 44.0 Å². The van der Waals surface area contributed by atoms with Crippen LogP contribution >= 0.6 is 11.6 Å². The minimum Gasteiger partial charge on any atom is -0.469 e. The van der Waals surface area contributed by atoms with Crippen molar-refractivity contribution in [1.29, 1.82) is 5.41 Å².